The van der Waals surface area contributed by atoms with Gasteiger partial charge in [0.25, 0.3) is 0 Å². The predicted octanol–water partition coefficient (Wildman–Crippen LogP) is 5.40. The third-order valence-electron chi connectivity index (χ3n) is 4.46. The van der Waals surface area contributed by atoms with Gasteiger partial charge in [-0.2, -0.15) is 0 Å². The summed E-state index contributed by atoms with van der Waals surface area (Å²) in [6, 6.07) is 20.8. The monoisotopic (exact) mass is 431 g/mol. The first-order chi connectivity index (χ1) is 14.1. The molecule has 0 amide bonds. The van der Waals surface area contributed by atoms with Crippen molar-refractivity contribution in [2.45, 2.75) is 19.3 Å². The molecular weight excluding hydrogens is 409 g/mol. The Morgan fingerprint density at radius 2 is 1.66 bits per heavy atom. The third-order valence-corrected chi connectivity index (χ3v) is 5.20. The normalized spacial score (nSPS) is 11.9. The fraction of sp³-hybridized carbons (Fsp3) is 0.217. The topological polar surface area (TPSA) is 50.7 Å². The number of hydrogen-bond donors (Lipinski definition) is 2. The van der Waals surface area contributed by atoms with E-state index in [2.05, 4.69) is 5.32 Å². The number of aliphatic hydroxyl groups excluding tert-OH is 1. The summed E-state index contributed by atoms with van der Waals surface area (Å²) in [7, 11) is 1.61. The Kier molecular flexibility index (Phi) is 7.78. The molecule has 3 aromatic carbocycles. The molecule has 0 bridgehead atoms. The first-order valence-electron chi connectivity index (χ1n) is 9.24. The van der Waals surface area contributed by atoms with Crippen LogP contribution in [0.15, 0.2) is 66.7 Å². The highest BCUT2D eigenvalue weighted by Crippen LogP contribution is 2.30. The van der Waals surface area contributed by atoms with Gasteiger partial charge in [0.05, 0.1) is 23.3 Å². The fourth-order valence-corrected chi connectivity index (χ4v) is 3.20. The molecule has 0 aliphatic heterocycles. The highest BCUT2D eigenvalue weighted by molar-refractivity contribution is 6.42. The lowest BCUT2D eigenvalue weighted by Gasteiger charge is -2.14. The molecule has 0 aliphatic rings. The van der Waals surface area contributed by atoms with Gasteiger partial charge in [-0.25, -0.2) is 0 Å². The second-order valence-electron chi connectivity index (χ2n) is 6.58. The molecule has 0 fully saturated rings. The summed E-state index contributed by atoms with van der Waals surface area (Å²) in [4.78, 5) is 0. The second-order valence-corrected chi connectivity index (χ2v) is 7.39. The Labute approximate surface area is 181 Å². The van der Waals surface area contributed by atoms with E-state index in [1.165, 1.54) is 0 Å². The van der Waals surface area contributed by atoms with Crippen LogP contribution in [0.3, 0.4) is 0 Å². The van der Waals surface area contributed by atoms with Gasteiger partial charge in [0.15, 0.2) is 11.5 Å². The van der Waals surface area contributed by atoms with Crippen LogP contribution in [-0.2, 0) is 13.2 Å². The highest BCUT2D eigenvalue weighted by Gasteiger charge is 2.09. The molecule has 0 saturated carbocycles. The maximum atomic E-state index is 10.2. The molecule has 6 heteroatoms. The average Bonchev–Trinajstić information content (AvgIpc) is 2.75. The largest absolute Gasteiger partial charge is 0.493 e. The smallest absolute Gasteiger partial charge is 0.161 e. The van der Waals surface area contributed by atoms with Gasteiger partial charge >= 0.3 is 0 Å². The van der Waals surface area contributed by atoms with Gasteiger partial charge in [0.1, 0.15) is 6.61 Å². The van der Waals surface area contributed by atoms with Gasteiger partial charge in [0, 0.05) is 13.1 Å². The van der Waals surface area contributed by atoms with Crippen LogP contribution < -0.4 is 14.8 Å². The van der Waals surface area contributed by atoms with Crippen LogP contribution in [0.2, 0.25) is 10.0 Å². The lowest BCUT2D eigenvalue weighted by atomic mass is 10.1. The molecule has 3 rings (SSSR count). The molecule has 1 atom stereocenters. The van der Waals surface area contributed by atoms with E-state index < -0.39 is 6.10 Å². The van der Waals surface area contributed by atoms with Gasteiger partial charge in [0.2, 0.25) is 0 Å². The van der Waals surface area contributed by atoms with Crippen molar-refractivity contribution < 1.29 is 14.6 Å². The molecule has 0 radical (unpaired) electrons. The van der Waals surface area contributed by atoms with Crippen LogP contribution in [-0.4, -0.2) is 18.8 Å². The van der Waals surface area contributed by atoms with Crippen LogP contribution in [0, 0.1) is 0 Å². The number of methoxy groups -OCH3 is 1. The Morgan fingerprint density at radius 3 is 2.38 bits per heavy atom. The molecule has 0 unspecified atom stereocenters. The van der Waals surface area contributed by atoms with E-state index in [1.54, 1.807) is 19.2 Å². The number of benzene rings is 3. The molecule has 152 valence electrons. The van der Waals surface area contributed by atoms with Gasteiger partial charge in [-0.15, -0.1) is 0 Å². The molecule has 0 heterocycles. The Hall–Kier alpha value is -2.24. The predicted molar refractivity (Wildman–Crippen MR) is 117 cm³/mol. The van der Waals surface area contributed by atoms with Crippen LogP contribution in [0.25, 0.3) is 0 Å². The summed E-state index contributed by atoms with van der Waals surface area (Å²) in [5.41, 5.74) is 2.84. The number of rotatable bonds is 9. The van der Waals surface area contributed by atoms with Gasteiger partial charge in [-0.05, 0) is 41.0 Å². The van der Waals surface area contributed by atoms with Crippen LogP contribution in [0.5, 0.6) is 11.5 Å². The van der Waals surface area contributed by atoms with Crippen molar-refractivity contribution >= 4 is 23.2 Å². The van der Waals surface area contributed by atoms with Crippen LogP contribution >= 0.6 is 23.2 Å². The molecule has 3 aromatic rings. The van der Waals surface area contributed by atoms with Crippen molar-refractivity contribution in [2.24, 2.45) is 0 Å². The second kappa shape index (κ2) is 10.5. The molecular formula is C23H23Cl2NO3. The summed E-state index contributed by atoms with van der Waals surface area (Å²) >= 11 is 12.0. The lowest BCUT2D eigenvalue weighted by Crippen LogP contribution is -2.21. The molecule has 0 spiro atoms. The van der Waals surface area contributed by atoms with E-state index in [-0.39, 0.29) is 0 Å². The minimum absolute atomic E-state index is 0.355. The van der Waals surface area contributed by atoms with E-state index in [4.69, 9.17) is 32.7 Å². The summed E-state index contributed by atoms with van der Waals surface area (Å²) in [6.45, 7) is 1.42. The first-order valence-corrected chi connectivity index (χ1v) is 10.00. The zero-order valence-corrected chi connectivity index (χ0v) is 17.6. The summed E-state index contributed by atoms with van der Waals surface area (Å²) in [6.07, 6.45) is -0.549. The summed E-state index contributed by atoms with van der Waals surface area (Å²) in [5.74, 6) is 1.29. The molecule has 29 heavy (non-hydrogen) atoms. The van der Waals surface area contributed by atoms with Crippen molar-refractivity contribution in [2.75, 3.05) is 13.7 Å². The van der Waals surface area contributed by atoms with Crippen molar-refractivity contribution in [3.8, 4) is 11.5 Å². The van der Waals surface area contributed by atoms with E-state index in [0.29, 0.717) is 41.2 Å². The molecule has 4 nitrogen and oxygen atoms in total. The number of halogens is 2. The average molecular weight is 432 g/mol. The van der Waals surface area contributed by atoms with Gasteiger partial charge < -0.3 is 19.9 Å². The maximum absolute atomic E-state index is 10.2. The lowest BCUT2D eigenvalue weighted by molar-refractivity contribution is 0.174. The molecule has 0 aliphatic carbocycles. The highest BCUT2D eigenvalue weighted by atomic mass is 35.5. The maximum Gasteiger partial charge on any atom is 0.161 e. The number of hydrogen-bond acceptors (Lipinski definition) is 4. The van der Waals surface area contributed by atoms with Crippen molar-refractivity contribution in [1.29, 1.82) is 0 Å². The van der Waals surface area contributed by atoms with E-state index >= 15 is 0 Å². The van der Waals surface area contributed by atoms with E-state index in [0.717, 1.165) is 16.7 Å². The standard InChI is InChI=1S/C23H23Cl2NO3/c1-28-23-12-16(13-26-14-21(27)18-5-3-2-4-6-18)8-10-22(23)29-15-17-7-9-19(24)20(25)11-17/h2-12,21,26-27H,13-15H2,1H3/t21-/m1/s1. The Bertz CT molecular complexity index is 935. The van der Waals surface area contributed by atoms with Gasteiger partial charge in [-0.3, -0.25) is 0 Å². The molecule has 0 saturated heterocycles. The van der Waals surface area contributed by atoms with Crippen LogP contribution in [0.1, 0.15) is 22.8 Å². The Balaban J connectivity index is 1.56. The molecule has 2 N–H and O–H groups in total. The Morgan fingerprint density at radius 1 is 0.897 bits per heavy atom. The first kappa shape index (κ1) is 21.5. The quantitative estimate of drug-likeness (QED) is 0.475. The minimum atomic E-state index is -0.549. The third kappa shape index (κ3) is 6.12. The summed E-state index contributed by atoms with van der Waals surface area (Å²) in [5, 5.41) is 14.5. The number of ether oxygens (including phenoxy) is 2. The van der Waals surface area contributed by atoms with Crippen molar-refractivity contribution in [3.05, 3.63) is 93.5 Å². The fourth-order valence-electron chi connectivity index (χ4n) is 2.88. The van der Waals surface area contributed by atoms with Crippen LogP contribution in [0.4, 0.5) is 0 Å². The zero-order valence-electron chi connectivity index (χ0n) is 16.1. The summed E-state index contributed by atoms with van der Waals surface area (Å²) < 4.78 is 11.3. The SMILES string of the molecule is COc1cc(CNC[C@@H](O)c2ccccc2)ccc1OCc1ccc(Cl)c(Cl)c1. The minimum Gasteiger partial charge on any atom is -0.493 e. The van der Waals surface area contributed by atoms with Crippen molar-refractivity contribution in [3.63, 3.8) is 0 Å². The van der Waals surface area contributed by atoms with E-state index in [9.17, 15) is 5.11 Å². The zero-order chi connectivity index (χ0) is 20.6. The van der Waals surface area contributed by atoms with Gasteiger partial charge in [-0.1, -0.05) is 65.7 Å². The molecule has 0 aromatic heterocycles. The number of nitrogens with one attached hydrogen (secondary N) is 1. The number of aliphatic hydroxyl groups is 1. The van der Waals surface area contributed by atoms with E-state index in [1.807, 2.05) is 54.6 Å². The van der Waals surface area contributed by atoms with Crippen molar-refractivity contribution in [1.82, 2.24) is 5.32 Å².